The van der Waals surface area contributed by atoms with Crippen LogP contribution in [0.3, 0.4) is 0 Å². The van der Waals surface area contributed by atoms with Gasteiger partial charge in [-0.25, -0.2) is 29.9 Å². The van der Waals surface area contributed by atoms with E-state index in [0.717, 1.165) is 0 Å². The van der Waals surface area contributed by atoms with Crippen molar-refractivity contribution in [1.82, 2.24) is 29.9 Å². The molecule has 15 nitrogen and oxygen atoms in total. The second-order valence-corrected chi connectivity index (χ2v) is 9.23. The van der Waals surface area contributed by atoms with Gasteiger partial charge in [0.15, 0.2) is 22.8 Å². The van der Waals surface area contributed by atoms with E-state index in [4.69, 9.17) is 9.40 Å². The summed E-state index contributed by atoms with van der Waals surface area (Å²) in [5.41, 5.74) is -1.53. The molecule has 0 saturated heterocycles. The summed E-state index contributed by atoms with van der Waals surface area (Å²) in [6, 6.07) is 22.4. The van der Waals surface area contributed by atoms with Crippen molar-refractivity contribution in [2.24, 2.45) is 0 Å². The van der Waals surface area contributed by atoms with E-state index in [1.807, 2.05) is 12.1 Å². The molecule has 0 atom stereocenters. The average molecular weight is 602 g/mol. The highest BCUT2D eigenvalue weighted by molar-refractivity contribution is 6.21. The third-order valence-electron chi connectivity index (χ3n) is 6.89. The highest BCUT2D eigenvalue weighted by Gasteiger charge is 2.22. The number of furan rings is 1. The predicted molar refractivity (Wildman–Crippen MR) is 155 cm³/mol. The SMILES string of the molecule is N#C/C(c1c(C#N)nc(C#N)nc1C#N)=c1/ccc2c3ccoc3c3cc/c(=C(/C#N)c4c(C#N)nc(C#N)nc4C#N)nc3c2n1. The quantitative estimate of drug-likeness (QED) is 0.255. The van der Waals surface area contributed by atoms with E-state index < -0.39 is 11.6 Å². The Morgan fingerprint density at radius 1 is 0.468 bits per heavy atom. The number of rotatable bonds is 2. The molecule has 0 aliphatic carbocycles. The molecule has 0 radical (unpaired) electrons. The second kappa shape index (κ2) is 11.2. The molecule has 0 saturated carbocycles. The van der Waals surface area contributed by atoms with Crippen LogP contribution in [0.15, 0.2) is 41.0 Å². The molecule has 15 heteroatoms. The summed E-state index contributed by atoms with van der Waals surface area (Å²) in [5, 5.41) is 79.5. The van der Waals surface area contributed by atoms with Gasteiger partial charge in [-0.1, -0.05) is 0 Å². The first-order chi connectivity index (χ1) is 22.9. The maximum absolute atomic E-state index is 10.2. The van der Waals surface area contributed by atoms with Crippen molar-refractivity contribution >= 4 is 43.9 Å². The van der Waals surface area contributed by atoms with E-state index in [-0.39, 0.29) is 66.8 Å². The van der Waals surface area contributed by atoms with Crippen LogP contribution in [0.25, 0.3) is 43.9 Å². The van der Waals surface area contributed by atoms with Gasteiger partial charge in [-0.15, -0.1) is 0 Å². The fraction of sp³-hybridized carbons (Fsp3) is 0. The van der Waals surface area contributed by atoms with Crippen LogP contribution < -0.4 is 10.7 Å². The molecule has 0 amide bonds. The molecule has 0 aliphatic heterocycles. The molecule has 5 aromatic heterocycles. The molecule has 5 heterocycles. The third-order valence-corrected chi connectivity index (χ3v) is 6.89. The van der Waals surface area contributed by atoms with Gasteiger partial charge in [-0.3, -0.25) is 0 Å². The minimum Gasteiger partial charge on any atom is -0.464 e. The first-order valence-corrected chi connectivity index (χ1v) is 12.9. The Hall–Kier alpha value is -8.60. The standard InChI is InChI=1S/C32H6N14O/c33-7-18(28-22(9-35)41-26(13-39)42-23(28)10-36)20-3-1-15-16-5-6-47-32(16)17-2-4-21(46-31(17)30(15)45-20)19(8-34)29-24(11-37)43-27(14-40)44-25(29)12-38/h1-6H/b20-18+,21-19+. The molecule has 0 spiro atoms. The van der Waals surface area contributed by atoms with E-state index in [2.05, 4.69) is 24.9 Å². The molecular weight excluding hydrogens is 596 g/mol. The van der Waals surface area contributed by atoms with Crippen LogP contribution in [0.5, 0.6) is 0 Å². The van der Waals surface area contributed by atoms with Crippen molar-refractivity contribution in [2.75, 3.05) is 0 Å². The van der Waals surface area contributed by atoms with Crippen LogP contribution in [-0.4, -0.2) is 29.9 Å². The van der Waals surface area contributed by atoms with Crippen LogP contribution in [0.2, 0.25) is 0 Å². The smallest absolute Gasteiger partial charge is 0.234 e. The second-order valence-electron chi connectivity index (χ2n) is 9.23. The number of hydrogen-bond donors (Lipinski definition) is 0. The lowest BCUT2D eigenvalue weighted by molar-refractivity contribution is 0.619. The van der Waals surface area contributed by atoms with Gasteiger partial charge in [-0.05, 0) is 30.3 Å². The zero-order valence-corrected chi connectivity index (χ0v) is 23.1. The van der Waals surface area contributed by atoms with Crippen LogP contribution in [0.1, 0.15) is 45.6 Å². The normalized spacial score (nSPS) is 11.5. The monoisotopic (exact) mass is 602 g/mol. The van der Waals surface area contributed by atoms with Crippen molar-refractivity contribution in [1.29, 1.82) is 42.1 Å². The van der Waals surface area contributed by atoms with Gasteiger partial charge in [0.2, 0.25) is 11.6 Å². The lowest BCUT2D eigenvalue weighted by Crippen LogP contribution is -2.17. The van der Waals surface area contributed by atoms with Crippen molar-refractivity contribution in [2.45, 2.75) is 0 Å². The largest absolute Gasteiger partial charge is 0.464 e. The van der Waals surface area contributed by atoms with Crippen molar-refractivity contribution < 1.29 is 4.42 Å². The van der Waals surface area contributed by atoms with Gasteiger partial charge in [0.1, 0.15) is 59.7 Å². The molecule has 0 fully saturated rings. The molecule has 0 unspecified atom stereocenters. The lowest BCUT2D eigenvalue weighted by Gasteiger charge is -2.08. The number of pyridine rings is 2. The maximum Gasteiger partial charge on any atom is 0.234 e. The van der Waals surface area contributed by atoms with Crippen LogP contribution in [-0.2, 0) is 0 Å². The summed E-state index contributed by atoms with van der Waals surface area (Å²) in [5.74, 6) is -0.850. The molecule has 0 bridgehead atoms. The maximum atomic E-state index is 10.2. The highest BCUT2D eigenvalue weighted by Crippen LogP contribution is 2.33. The van der Waals surface area contributed by atoms with Gasteiger partial charge in [-0.2, -0.15) is 42.1 Å². The van der Waals surface area contributed by atoms with Crippen LogP contribution in [0, 0.1) is 90.6 Å². The Bertz CT molecular complexity index is 2630. The van der Waals surface area contributed by atoms with E-state index in [1.54, 1.807) is 54.6 Å². The number of aromatic nitrogens is 6. The summed E-state index contributed by atoms with van der Waals surface area (Å²) in [7, 11) is 0. The van der Waals surface area contributed by atoms with Gasteiger partial charge in [0, 0.05) is 16.2 Å². The number of hydrogen-bond acceptors (Lipinski definition) is 15. The summed E-state index contributed by atoms with van der Waals surface area (Å²) in [4.78, 5) is 24.8. The molecule has 0 N–H and O–H groups in total. The molecule has 47 heavy (non-hydrogen) atoms. The fourth-order valence-electron chi connectivity index (χ4n) is 4.99. The predicted octanol–water partition coefficient (Wildman–Crippen LogP) is 1.78. The van der Waals surface area contributed by atoms with Gasteiger partial charge >= 0.3 is 0 Å². The number of nitrogens with zero attached hydrogens (tertiary/aromatic N) is 14. The van der Waals surface area contributed by atoms with E-state index in [0.29, 0.717) is 21.7 Å². The highest BCUT2D eigenvalue weighted by atomic mass is 16.3. The molecule has 6 aromatic rings. The van der Waals surface area contributed by atoms with Crippen molar-refractivity contribution in [3.8, 4) is 48.6 Å². The first-order valence-electron chi connectivity index (χ1n) is 12.9. The summed E-state index contributed by atoms with van der Waals surface area (Å²) < 4.78 is 5.75. The molecule has 6 rings (SSSR count). The molecule has 210 valence electrons. The molecule has 0 aliphatic rings. The number of nitriles is 8. The Morgan fingerprint density at radius 3 is 1.30 bits per heavy atom. The zero-order chi connectivity index (χ0) is 33.2. The Labute approximate surface area is 261 Å². The Balaban J connectivity index is 1.79. The lowest BCUT2D eigenvalue weighted by atomic mass is 10.0. The summed E-state index contributed by atoms with van der Waals surface area (Å²) in [6.07, 6.45) is 1.46. The van der Waals surface area contributed by atoms with E-state index in [1.165, 1.54) is 18.4 Å². The van der Waals surface area contributed by atoms with Crippen LogP contribution >= 0.6 is 0 Å². The fourth-order valence-corrected chi connectivity index (χ4v) is 4.99. The molecular formula is C32H6N14O. The average Bonchev–Trinajstić information content (AvgIpc) is 3.62. The number of fused-ring (bicyclic) bond motifs is 6. The summed E-state index contributed by atoms with van der Waals surface area (Å²) in [6.45, 7) is 0. The first kappa shape index (κ1) is 28.5. The number of benzene rings is 1. The minimum absolute atomic E-state index is 0.00392. The van der Waals surface area contributed by atoms with Crippen molar-refractivity contribution in [3.05, 3.63) is 92.8 Å². The van der Waals surface area contributed by atoms with Crippen molar-refractivity contribution in [3.63, 3.8) is 0 Å². The topological polar surface area (TPSA) is 281 Å². The van der Waals surface area contributed by atoms with Crippen LogP contribution in [0.4, 0.5) is 0 Å². The Morgan fingerprint density at radius 2 is 0.894 bits per heavy atom. The van der Waals surface area contributed by atoms with Gasteiger partial charge in [0.25, 0.3) is 0 Å². The van der Waals surface area contributed by atoms with Gasteiger partial charge in [0.05, 0.1) is 44.8 Å². The zero-order valence-electron chi connectivity index (χ0n) is 23.1. The Kier molecular flexibility index (Phi) is 6.82. The molecule has 1 aromatic carbocycles. The summed E-state index contributed by atoms with van der Waals surface area (Å²) >= 11 is 0. The minimum atomic E-state index is -0.426. The van der Waals surface area contributed by atoms with E-state index in [9.17, 15) is 42.1 Å². The van der Waals surface area contributed by atoms with Gasteiger partial charge < -0.3 is 4.42 Å². The van der Waals surface area contributed by atoms with E-state index >= 15 is 0 Å². The third kappa shape index (κ3) is 4.38.